The standard InChI is InChI=1S/C13H17N3O2S/c1-9-3-2-4-13(7-9)11(17)15-12(18)16(13)8-10-14-5-6-19-10/h5-6,9H,2-4,7-8H2,1H3,(H,15,17,18). The Balaban J connectivity index is 1.90. The molecule has 3 rings (SSSR count). The molecule has 2 heterocycles. The van der Waals surface area contributed by atoms with Crippen LogP contribution < -0.4 is 5.32 Å². The second kappa shape index (κ2) is 4.59. The van der Waals surface area contributed by atoms with Crippen molar-refractivity contribution in [3.05, 3.63) is 16.6 Å². The molecule has 2 fully saturated rings. The van der Waals surface area contributed by atoms with E-state index in [0.717, 1.165) is 30.7 Å². The Hall–Kier alpha value is -1.43. The number of hydrogen-bond acceptors (Lipinski definition) is 4. The fourth-order valence-corrected chi connectivity index (χ4v) is 3.87. The van der Waals surface area contributed by atoms with Crippen LogP contribution in [0.2, 0.25) is 0 Å². The maximum absolute atomic E-state index is 12.3. The lowest BCUT2D eigenvalue weighted by atomic mass is 9.75. The highest BCUT2D eigenvalue weighted by molar-refractivity contribution is 7.09. The number of hydrogen-bond donors (Lipinski definition) is 1. The number of imide groups is 1. The summed E-state index contributed by atoms with van der Waals surface area (Å²) in [4.78, 5) is 30.2. The molecule has 1 aliphatic carbocycles. The topological polar surface area (TPSA) is 62.3 Å². The van der Waals surface area contributed by atoms with Gasteiger partial charge < -0.3 is 4.90 Å². The van der Waals surface area contributed by atoms with Gasteiger partial charge in [-0.15, -0.1) is 11.3 Å². The number of nitrogens with one attached hydrogen (secondary N) is 1. The third kappa shape index (κ3) is 2.04. The molecule has 0 bridgehead atoms. The predicted octanol–water partition coefficient (Wildman–Crippen LogP) is 2.14. The Morgan fingerprint density at radius 3 is 3.11 bits per heavy atom. The lowest BCUT2D eigenvalue weighted by Gasteiger charge is -2.40. The summed E-state index contributed by atoms with van der Waals surface area (Å²) in [6.45, 7) is 2.58. The van der Waals surface area contributed by atoms with Crippen molar-refractivity contribution in [1.82, 2.24) is 15.2 Å². The SMILES string of the molecule is CC1CCCC2(C1)C(=O)NC(=O)N2Cc1nccs1. The van der Waals surface area contributed by atoms with Crippen molar-refractivity contribution in [2.75, 3.05) is 0 Å². The molecule has 5 nitrogen and oxygen atoms in total. The summed E-state index contributed by atoms with van der Waals surface area (Å²) >= 11 is 1.52. The first-order chi connectivity index (χ1) is 9.12. The van der Waals surface area contributed by atoms with Crippen molar-refractivity contribution in [2.45, 2.75) is 44.7 Å². The average Bonchev–Trinajstić information content (AvgIpc) is 2.94. The normalized spacial score (nSPS) is 31.0. The zero-order valence-corrected chi connectivity index (χ0v) is 11.7. The summed E-state index contributed by atoms with van der Waals surface area (Å²) in [7, 11) is 0. The molecular weight excluding hydrogens is 262 g/mol. The second-order valence-electron chi connectivity index (χ2n) is 5.50. The Bertz CT molecular complexity index is 502. The molecule has 2 aliphatic rings. The lowest BCUT2D eigenvalue weighted by Crippen LogP contribution is -2.52. The molecule has 0 radical (unpaired) electrons. The number of thiazole rings is 1. The lowest BCUT2D eigenvalue weighted by molar-refractivity contribution is -0.129. The van der Waals surface area contributed by atoms with E-state index >= 15 is 0 Å². The first-order valence-corrected chi connectivity index (χ1v) is 7.51. The molecule has 1 N–H and O–H groups in total. The van der Waals surface area contributed by atoms with Gasteiger partial charge in [0, 0.05) is 11.6 Å². The van der Waals surface area contributed by atoms with Gasteiger partial charge in [-0.05, 0) is 18.8 Å². The minimum Gasteiger partial charge on any atom is -0.303 e. The zero-order valence-electron chi connectivity index (χ0n) is 10.9. The molecular formula is C13H17N3O2S. The van der Waals surface area contributed by atoms with Gasteiger partial charge in [0.25, 0.3) is 5.91 Å². The van der Waals surface area contributed by atoms with Crippen molar-refractivity contribution in [1.29, 1.82) is 0 Å². The number of carbonyl (C=O) groups excluding carboxylic acids is 2. The maximum Gasteiger partial charge on any atom is 0.325 e. The first kappa shape index (κ1) is 12.6. The van der Waals surface area contributed by atoms with Gasteiger partial charge in [0.1, 0.15) is 10.5 Å². The smallest absolute Gasteiger partial charge is 0.303 e. The van der Waals surface area contributed by atoms with E-state index in [1.807, 2.05) is 5.38 Å². The molecule has 1 aromatic rings. The van der Waals surface area contributed by atoms with Crippen LogP contribution in [-0.2, 0) is 11.3 Å². The van der Waals surface area contributed by atoms with Gasteiger partial charge in [0.15, 0.2) is 0 Å². The summed E-state index contributed by atoms with van der Waals surface area (Å²) in [6, 6.07) is -0.269. The molecule has 2 atom stereocenters. The first-order valence-electron chi connectivity index (χ1n) is 6.63. The molecule has 1 spiro atoms. The summed E-state index contributed by atoms with van der Waals surface area (Å²) in [5.41, 5.74) is -0.638. The van der Waals surface area contributed by atoms with Crippen molar-refractivity contribution in [3.63, 3.8) is 0 Å². The quantitative estimate of drug-likeness (QED) is 0.844. The van der Waals surface area contributed by atoms with Crippen LogP contribution in [-0.4, -0.2) is 27.4 Å². The fourth-order valence-electron chi connectivity index (χ4n) is 3.26. The minimum absolute atomic E-state index is 0.124. The van der Waals surface area contributed by atoms with Crippen LogP contribution in [0.1, 0.15) is 37.6 Å². The van der Waals surface area contributed by atoms with Crippen molar-refractivity contribution < 1.29 is 9.59 Å². The fraction of sp³-hybridized carbons (Fsp3) is 0.615. The van der Waals surface area contributed by atoms with Crippen LogP contribution >= 0.6 is 11.3 Å². The highest BCUT2D eigenvalue weighted by Gasteiger charge is 2.54. The number of carbonyl (C=O) groups is 2. The van der Waals surface area contributed by atoms with Crippen molar-refractivity contribution in [3.8, 4) is 0 Å². The molecule has 1 aliphatic heterocycles. The van der Waals surface area contributed by atoms with E-state index in [1.165, 1.54) is 11.3 Å². The summed E-state index contributed by atoms with van der Waals surface area (Å²) in [5.74, 6) is 0.352. The Morgan fingerprint density at radius 2 is 2.42 bits per heavy atom. The number of nitrogens with zero attached hydrogens (tertiary/aromatic N) is 2. The molecule has 1 saturated carbocycles. The third-order valence-corrected chi connectivity index (χ3v) is 4.92. The van der Waals surface area contributed by atoms with E-state index in [-0.39, 0.29) is 11.9 Å². The van der Waals surface area contributed by atoms with E-state index in [4.69, 9.17) is 0 Å². The molecule has 2 unspecified atom stereocenters. The van der Waals surface area contributed by atoms with Gasteiger partial charge >= 0.3 is 6.03 Å². The number of aromatic nitrogens is 1. The molecule has 1 saturated heterocycles. The summed E-state index contributed by atoms with van der Waals surface area (Å²) in [6.07, 6.45) is 5.38. The van der Waals surface area contributed by atoms with Gasteiger partial charge in [-0.2, -0.15) is 0 Å². The van der Waals surface area contributed by atoms with Gasteiger partial charge in [-0.25, -0.2) is 9.78 Å². The highest BCUT2D eigenvalue weighted by Crippen LogP contribution is 2.40. The van der Waals surface area contributed by atoms with Crippen LogP contribution in [0.3, 0.4) is 0 Å². The van der Waals surface area contributed by atoms with Crippen LogP contribution in [0.15, 0.2) is 11.6 Å². The molecule has 6 heteroatoms. The van der Waals surface area contributed by atoms with Crippen LogP contribution in [0.5, 0.6) is 0 Å². The van der Waals surface area contributed by atoms with E-state index in [0.29, 0.717) is 12.5 Å². The van der Waals surface area contributed by atoms with Gasteiger partial charge in [0.05, 0.1) is 6.54 Å². The maximum atomic E-state index is 12.3. The van der Waals surface area contributed by atoms with Crippen molar-refractivity contribution in [2.24, 2.45) is 5.92 Å². The van der Waals surface area contributed by atoms with Crippen LogP contribution in [0.25, 0.3) is 0 Å². The van der Waals surface area contributed by atoms with Gasteiger partial charge in [0.2, 0.25) is 0 Å². The molecule has 3 amide bonds. The summed E-state index contributed by atoms with van der Waals surface area (Å²) in [5, 5.41) is 5.25. The Labute approximate surface area is 116 Å². The summed E-state index contributed by atoms with van der Waals surface area (Å²) < 4.78 is 0. The highest BCUT2D eigenvalue weighted by atomic mass is 32.1. The monoisotopic (exact) mass is 279 g/mol. The number of amides is 3. The van der Waals surface area contributed by atoms with E-state index in [1.54, 1.807) is 11.1 Å². The van der Waals surface area contributed by atoms with E-state index in [2.05, 4.69) is 17.2 Å². The number of rotatable bonds is 2. The third-order valence-electron chi connectivity index (χ3n) is 4.16. The minimum atomic E-state index is -0.638. The van der Waals surface area contributed by atoms with Crippen molar-refractivity contribution >= 4 is 23.3 Å². The van der Waals surface area contributed by atoms with Crippen LogP contribution in [0.4, 0.5) is 4.79 Å². The average molecular weight is 279 g/mol. The Morgan fingerprint density at radius 1 is 1.58 bits per heavy atom. The Kier molecular flexibility index (Phi) is 3.05. The molecule has 102 valence electrons. The molecule has 19 heavy (non-hydrogen) atoms. The number of urea groups is 1. The largest absolute Gasteiger partial charge is 0.325 e. The second-order valence-corrected chi connectivity index (χ2v) is 6.48. The van der Waals surface area contributed by atoms with E-state index in [9.17, 15) is 9.59 Å². The van der Waals surface area contributed by atoms with Crippen LogP contribution in [0, 0.1) is 5.92 Å². The molecule has 0 aromatic carbocycles. The zero-order chi connectivity index (χ0) is 13.5. The van der Waals surface area contributed by atoms with Gasteiger partial charge in [-0.3, -0.25) is 10.1 Å². The predicted molar refractivity (Wildman–Crippen MR) is 71.6 cm³/mol. The van der Waals surface area contributed by atoms with Gasteiger partial charge in [-0.1, -0.05) is 19.8 Å². The molecule has 1 aromatic heterocycles. The van der Waals surface area contributed by atoms with E-state index < -0.39 is 5.54 Å².